The van der Waals surface area contributed by atoms with Crippen LogP contribution in [0, 0.1) is 0 Å². The molecule has 95 valence electrons. The van der Waals surface area contributed by atoms with Crippen LogP contribution in [0.1, 0.15) is 11.3 Å². The Labute approximate surface area is 123 Å². The van der Waals surface area contributed by atoms with Crippen LogP contribution in [-0.2, 0) is 31.7 Å². The molecule has 1 heterocycles. The van der Waals surface area contributed by atoms with E-state index in [2.05, 4.69) is 17.2 Å². The van der Waals surface area contributed by atoms with E-state index in [-0.39, 0.29) is 25.2 Å². The van der Waals surface area contributed by atoms with E-state index in [1.807, 2.05) is 47.1 Å². The van der Waals surface area contributed by atoms with Crippen molar-refractivity contribution < 1.29 is 23.7 Å². The third-order valence-electron chi connectivity index (χ3n) is 3.06. The van der Waals surface area contributed by atoms with Crippen LogP contribution in [0.4, 0.5) is 0 Å². The van der Waals surface area contributed by atoms with E-state index in [9.17, 15) is 5.11 Å². The van der Waals surface area contributed by atoms with Crippen molar-refractivity contribution in [2.75, 3.05) is 0 Å². The first kappa shape index (κ1) is 13.9. The van der Waals surface area contributed by atoms with Crippen LogP contribution in [0.2, 0.25) is 0 Å². The summed E-state index contributed by atoms with van der Waals surface area (Å²) in [5, 5.41) is 14.8. The van der Waals surface area contributed by atoms with Crippen LogP contribution < -0.4 is 0 Å². The molecule has 0 fully saturated rings. The molecule has 0 aliphatic heterocycles. The zero-order valence-electron chi connectivity index (χ0n) is 10.4. The van der Waals surface area contributed by atoms with Crippen LogP contribution >= 0.6 is 0 Å². The second-order valence-corrected chi connectivity index (χ2v) is 4.27. The Morgan fingerprint density at radius 1 is 0.947 bits per heavy atom. The van der Waals surface area contributed by atoms with Gasteiger partial charge in [-0.15, -0.1) is 0 Å². The van der Waals surface area contributed by atoms with Crippen LogP contribution in [0.15, 0.2) is 54.6 Å². The molecule has 0 unspecified atom stereocenters. The monoisotopic (exact) mass is 289 g/mol. The minimum atomic E-state index is -0.0255. The van der Waals surface area contributed by atoms with Gasteiger partial charge >= 0.3 is 0 Å². The second kappa shape index (κ2) is 6.07. The van der Waals surface area contributed by atoms with Crippen molar-refractivity contribution in [2.24, 2.45) is 0 Å². The van der Waals surface area contributed by atoms with Gasteiger partial charge in [0.05, 0.1) is 24.4 Å². The number of aliphatic hydroxyl groups excluding tert-OH is 1. The summed E-state index contributed by atoms with van der Waals surface area (Å²) in [6.45, 7) is 0.698. The molecule has 1 radical (unpaired) electrons. The number of nitrogens with zero attached hydrogens (tertiary/aromatic N) is 2. The van der Waals surface area contributed by atoms with Gasteiger partial charge in [-0.25, -0.2) is 0 Å². The predicted octanol–water partition coefficient (Wildman–Crippen LogP) is 2.57. The molecular weight excluding hydrogens is 275 g/mol. The second-order valence-electron chi connectivity index (χ2n) is 4.27. The van der Waals surface area contributed by atoms with Crippen molar-refractivity contribution in [3.05, 3.63) is 65.9 Å². The molecule has 19 heavy (non-hydrogen) atoms. The Hall–Kier alpha value is -1.55. The topological polar surface area (TPSA) is 38.1 Å². The fourth-order valence-corrected chi connectivity index (χ4v) is 2.19. The summed E-state index contributed by atoms with van der Waals surface area (Å²) < 4.78 is 1.94. The summed E-state index contributed by atoms with van der Waals surface area (Å²) in [4.78, 5) is 0. The van der Waals surface area contributed by atoms with Gasteiger partial charge in [-0.05, 0) is 11.6 Å². The van der Waals surface area contributed by atoms with E-state index < -0.39 is 0 Å². The van der Waals surface area contributed by atoms with Crippen LogP contribution in [0.3, 0.4) is 0 Å². The van der Waals surface area contributed by atoms with Crippen molar-refractivity contribution >= 4 is 10.9 Å². The van der Waals surface area contributed by atoms with Crippen LogP contribution in [0.25, 0.3) is 10.9 Å². The number of hydrogen-bond donors (Lipinski definition) is 1. The van der Waals surface area contributed by atoms with E-state index in [0.29, 0.717) is 0 Å². The minimum Gasteiger partial charge on any atom is -0.390 e. The maximum absolute atomic E-state index is 9.34. The SMILES string of the molecule is OCc1nn(Cc2ccccc2)c2ccccc12.[V]. The first-order valence-corrected chi connectivity index (χ1v) is 5.97. The molecule has 1 aromatic heterocycles. The maximum atomic E-state index is 9.34. The zero-order chi connectivity index (χ0) is 12.4. The molecule has 0 bridgehead atoms. The van der Waals surface area contributed by atoms with Crippen molar-refractivity contribution in [3.63, 3.8) is 0 Å². The molecule has 3 aromatic rings. The Morgan fingerprint density at radius 3 is 2.37 bits per heavy atom. The average Bonchev–Trinajstić information content (AvgIpc) is 2.78. The molecule has 2 aromatic carbocycles. The van der Waals surface area contributed by atoms with Gasteiger partial charge in [0, 0.05) is 23.9 Å². The smallest absolute Gasteiger partial charge is 0.0957 e. The summed E-state index contributed by atoms with van der Waals surface area (Å²) in [6, 6.07) is 18.2. The van der Waals surface area contributed by atoms with Gasteiger partial charge in [-0.1, -0.05) is 48.5 Å². The first-order valence-electron chi connectivity index (χ1n) is 5.97. The standard InChI is InChI=1S/C15H14N2O.V/c18-11-14-13-8-4-5-9-15(13)17(16-14)10-12-6-2-1-3-7-12;/h1-9,18H,10-11H2;. The Balaban J connectivity index is 0.00000133. The van der Waals surface area contributed by atoms with E-state index in [0.717, 1.165) is 23.1 Å². The van der Waals surface area contributed by atoms with Gasteiger partial charge in [0.25, 0.3) is 0 Å². The van der Waals surface area contributed by atoms with Crippen LogP contribution in [-0.4, -0.2) is 14.9 Å². The quantitative estimate of drug-likeness (QED) is 0.804. The molecule has 0 amide bonds. The number of rotatable bonds is 3. The van der Waals surface area contributed by atoms with Crippen LogP contribution in [0.5, 0.6) is 0 Å². The molecule has 0 aliphatic rings. The number of para-hydroxylation sites is 1. The summed E-state index contributed by atoms with van der Waals surface area (Å²) in [6.07, 6.45) is 0. The number of fused-ring (bicyclic) bond motifs is 1. The number of hydrogen-bond acceptors (Lipinski definition) is 2. The zero-order valence-corrected chi connectivity index (χ0v) is 11.8. The van der Waals surface area contributed by atoms with Gasteiger partial charge in [0.1, 0.15) is 0 Å². The Bertz CT molecular complexity index is 664. The summed E-state index contributed by atoms with van der Waals surface area (Å²) >= 11 is 0. The van der Waals surface area contributed by atoms with E-state index in [1.165, 1.54) is 5.56 Å². The summed E-state index contributed by atoms with van der Waals surface area (Å²) in [7, 11) is 0. The molecule has 3 rings (SSSR count). The van der Waals surface area contributed by atoms with Gasteiger partial charge in [0.2, 0.25) is 0 Å². The minimum absolute atomic E-state index is 0. The molecule has 0 spiro atoms. The normalized spacial score (nSPS) is 10.4. The molecule has 4 heteroatoms. The number of aliphatic hydroxyl groups is 1. The summed E-state index contributed by atoms with van der Waals surface area (Å²) in [5.41, 5.74) is 3.00. The van der Waals surface area contributed by atoms with Gasteiger partial charge in [0.15, 0.2) is 0 Å². The third-order valence-corrected chi connectivity index (χ3v) is 3.06. The van der Waals surface area contributed by atoms with Crippen molar-refractivity contribution in [2.45, 2.75) is 13.2 Å². The molecule has 0 saturated carbocycles. The Kier molecular flexibility index (Phi) is 4.43. The average molecular weight is 289 g/mol. The fourth-order valence-electron chi connectivity index (χ4n) is 2.19. The van der Waals surface area contributed by atoms with Gasteiger partial charge < -0.3 is 5.11 Å². The van der Waals surface area contributed by atoms with Gasteiger partial charge in [-0.3, -0.25) is 4.68 Å². The third kappa shape index (κ3) is 2.73. The fraction of sp³-hybridized carbons (Fsp3) is 0.133. The molecule has 0 saturated heterocycles. The van der Waals surface area contributed by atoms with Crippen molar-refractivity contribution in [1.29, 1.82) is 0 Å². The molecule has 1 N–H and O–H groups in total. The predicted molar refractivity (Wildman–Crippen MR) is 71.2 cm³/mol. The number of benzene rings is 2. The van der Waals surface area contributed by atoms with Crippen molar-refractivity contribution in [3.8, 4) is 0 Å². The number of aromatic nitrogens is 2. The molecular formula is C15H14N2OV. The molecule has 0 aliphatic carbocycles. The summed E-state index contributed by atoms with van der Waals surface area (Å²) in [5.74, 6) is 0. The van der Waals surface area contributed by atoms with E-state index in [4.69, 9.17) is 0 Å². The maximum Gasteiger partial charge on any atom is 0.0957 e. The van der Waals surface area contributed by atoms with Gasteiger partial charge in [-0.2, -0.15) is 5.10 Å². The largest absolute Gasteiger partial charge is 0.390 e. The van der Waals surface area contributed by atoms with Crippen molar-refractivity contribution in [1.82, 2.24) is 9.78 Å². The first-order chi connectivity index (χ1) is 8.88. The molecule has 0 atom stereocenters. The molecule has 3 nitrogen and oxygen atoms in total. The van der Waals surface area contributed by atoms with E-state index in [1.54, 1.807) is 0 Å². The Morgan fingerprint density at radius 2 is 1.63 bits per heavy atom. The van der Waals surface area contributed by atoms with E-state index >= 15 is 0 Å².